The molecule has 20 heavy (non-hydrogen) atoms. The Bertz CT molecular complexity index is 492. The highest BCUT2D eigenvalue weighted by molar-refractivity contribution is 5.38. The summed E-state index contributed by atoms with van der Waals surface area (Å²) < 4.78 is 5.94. The molecular weight excluding hydrogens is 250 g/mol. The molecule has 0 saturated carbocycles. The lowest BCUT2D eigenvalue weighted by molar-refractivity contribution is 0.0329. The quantitative estimate of drug-likeness (QED) is 0.835. The summed E-state index contributed by atoms with van der Waals surface area (Å²) >= 11 is 0. The lowest BCUT2D eigenvalue weighted by atomic mass is 9.95. The van der Waals surface area contributed by atoms with Gasteiger partial charge in [0.2, 0.25) is 0 Å². The number of fused-ring (bicyclic) bond motifs is 2. The predicted octanol–water partition coefficient (Wildman–Crippen LogP) is 1.23. The third-order valence-electron chi connectivity index (χ3n) is 5.19. The van der Waals surface area contributed by atoms with Crippen LogP contribution in [0.4, 0.5) is 0 Å². The summed E-state index contributed by atoms with van der Waals surface area (Å²) in [6.07, 6.45) is 2.70. The summed E-state index contributed by atoms with van der Waals surface area (Å²) in [6.45, 7) is 5.49. The first-order valence-electron chi connectivity index (χ1n) is 7.78. The summed E-state index contributed by atoms with van der Waals surface area (Å²) in [5.41, 5.74) is 7.69. The Morgan fingerprint density at radius 2 is 1.95 bits per heavy atom. The van der Waals surface area contributed by atoms with Crippen molar-refractivity contribution < 1.29 is 4.74 Å². The largest absolute Gasteiger partial charge is 0.492 e. The highest BCUT2D eigenvalue weighted by Crippen LogP contribution is 2.34. The lowest BCUT2D eigenvalue weighted by Crippen LogP contribution is -2.58. The van der Waals surface area contributed by atoms with E-state index in [1.807, 2.05) is 12.1 Å². The molecule has 0 amide bonds. The molecule has 4 nitrogen and oxygen atoms in total. The normalized spacial score (nSPS) is 34.4. The summed E-state index contributed by atoms with van der Waals surface area (Å²) in [6, 6.07) is 9.36. The summed E-state index contributed by atoms with van der Waals surface area (Å²) in [5.74, 6) is 0.968. The molecule has 3 heterocycles. The summed E-state index contributed by atoms with van der Waals surface area (Å²) in [4.78, 5) is 5.20. The van der Waals surface area contributed by atoms with Gasteiger partial charge in [0, 0.05) is 31.2 Å². The molecule has 0 spiro atoms. The predicted molar refractivity (Wildman–Crippen MR) is 78.8 cm³/mol. The van der Waals surface area contributed by atoms with Crippen molar-refractivity contribution in [1.82, 2.24) is 9.80 Å². The minimum absolute atomic E-state index is 0.0768. The third kappa shape index (κ3) is 2.03. The van der Waals surface area contributed by atoms with Crippen LogP contribution in [0.1, 0.15) is 24.4 Å². The molecule has 2 N–H and O–H groups in total. The van der Waals surface area contributed by atoms with Gasteiger partial charge < -0.3 is 10.5 Å². The topological polar surface area (TPSA) is 41.7 Å². The van der Waals surface area contributed by atoms with Gasteiger partial charge in [-0.15, -0.1) is 0 Å². The van der Waals surface area contributed by atoms with Crippen molar-refractivity contribution in [2.24, 2.45) is 5.73 Å². The van der Waals surface area contributed by atoms with E-state index in [-0.39, 0.29) is 6.04 Å². The number of piperazine rings is 1. The number of nitrogens with zero attached hydrogens (tertiary/aromatic N) is 2. The molecule has 0 aromatic heterocycles. The van der Waals surface area contributed by atoms with Crippen molar-refractivity contribution in [3.05, 3.63) is 29.8 Å². The summed E-state index contributed by atoms with van der Waals surface area (Å²) in [7, 11) is 0. The first-order valence-corrected chi connectivity index (χ1v) is 7.78. The van der Waals surface area contributed by atoms with E-state index in [0.29, 0.717) is 6.04 Å². The molecule has 2 saturated heterocycles. The van der Waals surface area contributed by atoms with Crippen molar-refractivity contribution in [2.75, 3.05) is 32.8 Å². The van der Waals surface area contributed by atoms with Crippen molar-refractivity contribution in [2.45, 2.75) is 31.0 Å². The molecule has 1 aromatic carbocycles. The van der Waals surface area contributed by atoms with Crippen molar-refractivity contribution >= 4 is 0 Å². The lowest BCUT2D eigenvalue weighted by Gasteiger charge is -2.45. The molecular formula is C16H23N3O. The zero-order chi connectivity index (χ0) is 13.5. The monoisotopic (exact) mass is 273 g/mol. The van der Waals surface area contributed by atoms with Crippen LogP contribution in [0.5, 0.6) is 5.75 Å². The second-order valence-electron chi connectivity index (χ2n) is 6.27. The smallest absolute Gasteiger partial charge is 0.124 e. The first kappa shape index (κ1) is 12.6. The van der Waals surface area contributed by atoms with E-state index >= 15 is 0 Å². The van der Waals surface area contributed by atoms with E-state index in [9.17, 15) is 0 Å². The van der Waals surface area contributed by atoms with Crippen LogP contribution in [-0.2, 0) is 0 Å². The Morgan fingerprint density at radius 3 is 2.90 bits per heavy atom. The SMILES string of the molecule is NC1c2ccccc2OCC1N1CCN2CCCC2C1. The van der Waals surface area contributed by atoms with Crippen LogP contribution in [0.3, 0.4) is 0 Å². The Morgan fingerprint density at radius 1 is 1.10 bits per heavy atom. The second-order valence-corrected chi connectivity index (χ2v) is 6.27. The van der Waals surface area contributed by atoms with Crippen LogP contribution in [-0.4, -0.2) is 54.7 Å². The van der Waals surface area contributed by atoms with Gasteiger partial charge in [-0.05, 0) is 25.5 Å². The first-order chi connectivity index (χ1) is 9.83. The number of nitrogens with two attached hydrogens (primary N) is 1. The molecule has 3 aliphatic rings. The number of ether oxygens (including phenoxy) is 1. The molecule has 108 valence electrons. The molecule has 4 rings (SSSR count). The highest BCUT2D eigenvalue weighted by atomic mass is 16.5. The van der Waals surface area contributed by atoms with Crippen molar-refractivity contribution in [3.8, 4) is 5.75 Å². The average molecular weight is 273 g/mol. The van der Waals surface area contributed by atoms with Gasteiger partial charge in [0.05, 0.1) is 12.1 Å². The van der Waals surface area contributed by atoms with E-state index in [1.54, 1.807) is 0 Å². The number of hydrogen-bond acceptors (Lipinski definition) is 4. The van der Waals surface area contributed by atoms with Crippen LogP contribution >= 0.6 is 0 Å². The number of benzene rings is 1. The fourth-order valence-corrected chi connectivity index (χ4v) is 4.02. The summed E-state index contributed by atoms with van der Waals surface area (Å²) in [5, 5.41) is 0. The molecule has 0 radical (unpaired) electrons. The molecule has 2 fully saturated rings. The highest BCUT2D eigenvalue weighted by Gasteiger charge is 2.38. The standard InChI is InChI=1S/C16H23N3O/c17-16-13-5-1-2-6-15(13)20-11-14(16)19-9-8-18-7-3-4-12(18)10-19/h1-2,5-6,12,14,16H,3-4,7-11,17H2. The molecule has 3 atom stereocenters. The van der Waals surface area contributed by atoms with Gasteiger partial charge in [-0.2, -0.15) is 0 Å². The van der Waals surface area contributed by atoms with Crippen LogP contribution in [0.25, 0.3) is 0 Å². The van der Waals surface area contributed by atoms with Gasteiger partial charge in [0.1, 0.15) is 12.4 Å². The minimum atomic E-state index is 0.0768. The van der Waals surface area contributed by atoms with Crippen molar-refractivity contribution in [1.29, 1.82) is 0 Å². The maximum Gasteiger partial charge on any atom is 0.124 e. The zero-order valence-electron chi connectivity index (χ0n) is 11.9. The Kier molecular flexibility index (Phi) is 3.17. The maximum atomic E-state index is 6.52. The Hall–Kier alpha value is -1.10. The fraction of sp³-hybridized carbons (Fsp3) is 0.625. The molecule has 3 unspecified atom stereocenters. The molecule has 4 heteroatoms. The van der Waals surface area contributed by atoms with E-state index in [2.05, 4.69) is 21.9 Å². The number of para-hydroxylation sites is 1. The van der Waals surface area contributed by atoms with Gasteiger partial charge in [0.15, 0.2) is 0 Å². The maximum absolute atomic E-state index is 6.52. The zero-order valence-corrected chi connectivity index (χ0v) is 11.9. The van der Waals surface area contributed by atoms with Gasteiger partial charge in [-0.3, -0.25) is 9.80 Å². The van der Waals surface area contributed by atoms with E-state index in [4.69, 9.17) is 10.5 Å². The third-order valence-corrected chi connectivity index (χ3v) is 5.19. The van der Waals surface area contributed by atoms with Crippen LogP contribution < -0.4 is 10.5 Å². The van der Waals surface area contributed by atoms with Gasteiger partial charge in [-0.1, -0.05) is 18.2 Å². The number of hydrogen-bond donors (Lipinski definition) is 1. The van der Waals surface area contributed by atoms with E-state index in [0.717, 1.165) is 37.1 Å². The van der Waals surface area contributed by atoms with Gasteiger partial charge in [-0.25, -0.2) is 0 Å². The van der Waals surface area contributed by atoms with Gasteiger partial charge >= 0.3 is 0 Å². The van der Waals surface area contributed by atoms with Crippen molar-refractivity contribution in [3.63, 3.8) is 0 Å². The minimum Gasteiger partial charge on any atom is -0.492 e. The van der Waals surface area contributed by atoms with Crippen LogP contribution in [0.2, 0.25) is 0 Å². The number of rotatable bonds is 1. The molecule has 0 bridgehead atoms. The average Bonchev–Trinajstić information content (AvgIpc) is 2.95. The Balaban J connectivity index is 1.52. The Labute approximate surface area is 120 Å². The van der Waals surface area contributed by atoms with Crippen LogP contribution in [0, 0.1) is 0 Å². The molecule has 0 aliphatic carbocycles. The molecule has 1 aromatic rings. The van der Waals surface area contributed by atoms with E-state index < -0.39 is 0 Å². The van der Waals surface area contributed by atoms with Crippen LogP contribution in [0.15, 0.2) is 24.3 Å². The van der Waals surface area contributed by atoms with Gasteiger partial charge in [0.25, 0.3) is 0 Å². The molecule has 3 aliphatic heterocycles. The fourth-order valence-electron chi connectivity index (χ4n) is 4.02. The second kappa shape index (κ2) is 5.02. The van der Waals surface area contributed by atoms with E-state index in [1.165, 1.54) is 25.9 Å².